The smallest absolute Gasteiger partial charge is 0.305 e. The van der Waals surface area contributed by atoms with E-state index in [0.717, 1.165) is 11.4 Å². The number of benzene rings is 1. The van der Waals surface area contributed by atoms with Gasteiger partial charge in [-0.2, -0.15) is 11.8 Å². The minimum atomic E-state index is -0.905. The highest BCUT2D eigenvalue weighted by molar-refractivity contribution is 7.99. The maximum Gasteiger partial charge on any atom is 0.305 e. The fraction of sp³-hybridized carbons (Fsp3) is 0.333. The van der Waals surface area contributed by atoms with Gasteiger partial charge in [-0.25, -0.2) is 9.67 Å². The van der Waals surface area contributed by atoms with Crippen molar-refractivity contribution in [2.24, 2.45) is 0 Å². The number of thioether (sulfide) groups is 1. The fourth-order valence-corrected chi connectivity index (χ4v) is 3.55. The van der Waals surface area contributed by atoms with Crippen molar-refractivity contribution in [3.8, 4) is 5.69 Å². The van der Waals surface area contributed by atoms with E-state index in [2.05, 4.69) is 10.1 Å². The molecule has 1 saturated heterocycles. The first-order valence-corrected chi connectivity index (χ1v) is 8.38. The summed E-state index contributed by atoms with van der Waals surface area (Å²) in [4.78, 5) is 29.3. The van der Waals surface area contributed by atoms with E-state index < -0.39 is 5.97 Å². The second-order valence-corrected chi connectivity index (χ2v) is 6.32. The number of para-hydroxylation sites is 1. The van der Waals surface area contributed by atoms with Crippen LogP contribution in [0.3, 0.4) is 0 Å². The molecule has 1 aliphatic rings. The summed E-state index contributed by atoms with van der Waals surface area (Å²) in [6, 6.07) is 9.07. The molecule has 1 aromatic heterocycles. The molecule has 8 heteroatoms. The van der Waals surface area contributed by atoms with Gasteiger partial charge >= 0.3 is 5.97 Å². The van der Waals surface area contributed by atoms with Crippen LogP contribution < -0.4 is 0 Å². The van der Waals surface area contributed by atoms with Crippen molar-refractivity contribution < 1.29 is 14.7 Å². The molecule has 1 atom stereocenters. The van der Waals surface area contributed by atoms with Gasteiger partial charge in [0.25, 0.3) is 5.91 Å². The highest BCUT2D eigenvalue weighted by Crippen LogP contribution is 2.20. The van der Waals surface area contributed by atoms with Gasteiger partial charge in [0, 0.05) is 18.1 Å². The van der Waals surface area contributed by atoms with Crippen LogP contribution in [0.4, 0.5) is 0 Å². The molecule has 0 radical (unpaired) electrons. The van der Waals surface area contributed by atoms with Gasteiger partial charge in [0.2, 0.25) is 5.82 Å². The average molecular weight is 332 g/mol. The number of rotatable bonds is 4. The number of hydrogen-bond donors (Lipinski definition) is 1. The van der Waals surface area contributed by atoms with Gasteiger partial charge in [0.05, 0.1) is 18.2 Å². The number of nitrogens with zero attached hydrogens (tertiary/aromatic N) is 4. The second kappa shape index (κ2) is 6.82. The van der Waals surface area contributed by atoms with Gasteiger partial charge < -0.3 is 10.0 Å². The molecule has 3 rings (SSSR count). The lowest BCUT2D eigenvalue weighted by Gasteiger charge is -2.33. The molecule has 7 nitrogen and oxygen atoms in total. The summed E-state index contributed by atoms with van der Waals surface area (Å²) in [5, 5.41) is 13.2. The molecule has 120 valence electrons. The van der Waals surface area contributed by atoms with Crippen molar-refractivity contribution in [3.63, 3.8) is 0 Å². The van der Waals surface area contributed by atoms with Gasteiger partial charge in [-0.15, -0.1) is 5.10 Å². The average Bonchev–Trinajstić information content (AvgIpc) is 3.05. The molecular formula is C15H16N4O3S. The molecule has 1 fully saturated rings. The van der Waals surface area contributed by atoms with Crippen LogP contribution in [0.5, 0.6) is 0 Å². The van der Waals surface area contributed by atoms with Crippen LogP contribution in [0.2, 0.25) is 0 Å². The summed E-state index contributed by atoms with van der Waals surface area (Å²) in [7, 11) is 0. The van der Waals surface area contributed by atoms with E-state index in [1.165, 1.54) is 11.0 Å². The molecule has 0 bridgehead atoms. The maximum atomic E-state index is 12.6. The predicted molar refractivity (Wildman–Crippen MR) is 85.8 cm³/mol. The van der Waals surface area contributed by atoms with E-state index in [1.807, 2.05) is 30.3 Å². The third-order valence-corrected chi connectivity index (χ3v) is 4.69. The molecule has 0 aliphatic carbocycles. The third-order valence-electron chi connectivity index (χ3n) is 3.60. The van der Waals surface area contributed by atoms with Gasteiger partial charge in [0.1, 0.15) is 6.33 Å². The minimum Gasteiger partial charge on any atom is -0.481 e. The molecule has 23 heavy (non-hydrogen) atoms. The van der Waals surface area contributed by atoms with E-state index in [4.69, 9.17) is 5.11 Å². The van der Waals surface area contributed by atoms with Gasteiger partial charge in [0.15, 0.2) is 0 Å². The normalized spacial score (nSPS) is 17.9. The van der Waals surface area contributed by atoms with Gasteiger partial charge in [-0.1, -0.05) is 18.2 Å². The Bertz CT molecular complexity index is 704. The van der Waals surface area contributed by atoms with E-state index in [0.29, 0.717) is 12.3 Å². The van der Waals surface area contributed by atoms with Crippen LogP contribution in [0.1, 0.15) is 17.0 Å². The number of carboxylic acid groups (broad SMARTS) is 1. The van der Waals surface area contributed by atoms with Crippen molar-refractivity contribution in [3.05, 3.63) is 42.5 Å². The van der Waals surface area contributed by atoms with Gasteiger partial charge in [-0.05, 0) is 12.1 Å². The zero-order chi connectivity index (χ0) is 16.2. The van der Waals surface area contributed by atoms with E-state index in [-0.39, 0.29) is 24.2 Å². The standard InChI is InChI=1S/C15H16N4O3S/c20-13(21)8-12-9-23-7-6-18(12)15(22)14-16-10-19(17-14)11-4-2-1-3-5-11/h1-5,10,12H,6-9H2,(H,20,21). The lowest BCUT2D eigenvalue weighted by atomic mass is 10.2. The van der Waals surface area contributed by atoms with Crippen molar-refractivity contribution in [1.82, 2.24) is 19.7 Å². The number of carboxylic acids is 1. The van der Waals surface area contributed by atoms with Crippen LogP contribution in [-0.2, 0) is 4.79 Å². The quantitative estimate of drug-likeness (QED) is 0.908. The van der Waals surface area contributed by atoms with Crippen LogP contribution >= 0.6 is 11.8 Å². The first-order chi connectivity index (χ1) is 11.1. The van der Waals surface area contributed by atoms with E-state index in [1.54, 1.807) is 16.7 Å². The minimum absolute atomic E-state index is 0.0574. The monoisotopic (exact) mass is 332 g/mol. The Morgan fingerprint density at radius 3 is 2.83 bits per heavy atom. The zero-order valence-corrected chi connectivity index (χ0v) is 13.1. The Morgan fingerprint density at radius 2 is 2.09 bits per heavy atom. The summed E-state index contributed by atoms with van der Waals surface area (Å²) in [6.45, 7) is 0.515. The first kappa shape index (κ1) is 15.5. The lowest BCUT2D eigenvalue weighted by molar-refractivity contribution is -0.138. The Kier molecular flexibility index (Phi) is 4.61. The first-order valence-electron chi connectivity index (χ1n) is 7.23. The number of aromatic nitrogens is 3. The molecule has 0 saturated carbocycles. The summed E-state index contributed by atoms with van der Waals surface area (Å²) >= 11 is 1.66. The van der Waals surface area contributed by atoms with Crippen LogP contribution in [0, 0.1) is 0 Å². The molecule has 2 aromatic rings. The number of aliphatic carboxylic acids is 1. The fourth-order valence-electron chi connectivity index (χ4n) is 2.49. The molecule has 1 unspecified atom stereocenters. The summed E-state index contributed by atoms with van der Waals surface area (Å²) in [5.41, 5.74) is 0.815. The number of carbonyl (C=O) groups is 2. The predicted octanol–water partition coefficient (Wildman–Crippen LogP) is 1.30. The van der Waals surface area contributed by atoms with Crippen molar-refractivity contribution in [1.29, 1.82) is 0 Å². The Morgan fingerprint density at radius 1 is 1.30 bits per heavy atom. The zero-order valence-electron chi connectivity index (χ0n) is 12.3. The second-order valence-electron chi connectivity index (χ2n) is 5.17. The van der Waals surface area contributed by atoms with Crippen molar-refractivity contribution >= 4 is 23.6 Å². The van der Waals surface area contributed by atoms with E-state index >= 15 is 0 Å². The highest BCUT2D eigenvalue weighted by Gasteiger charge is 2.31. The molecule has 1 aliphatic heterocycles. The van der Waals surface area contributed by atoms with E-state index in [9.17, 15) is 9.59 Å². The Balaban J connectivity index is 1.79. The molecule has 2 heterocycles. The van der Waals surface area contributed by atoms with Crippen molar-refractivity contribution in [2.45, 2.75) is 12.5 Å². The molecule has 1 amide bonds. The Labute approximate surface area is 137 Å². The molecule has 0 spiro atoms. The highest BCUT2D eigenvalue weighted by atomic mass is 32.2. The molecule has 1 aromatic carbocycles. The topological polar surface area (TPSA) is 88.3 Å². The lowest BCUT2D eigenvalue weighted by Crippen LogP contribution is -2.47. The van der Waals surface area contributed by atoms with Crippen molar-refractivity contribution in [2.75, 3.05) is 18.1 Å². The van der Waals surface area contributed by atoms with Gasteiger partial charge in [-0.3, -0.25) is 9.59 Å². The number of hydrogen-bond acceptors (Lipinski definition) is 5. The van der Waals surface area contributed by atoms with Crippen LogP contribution in [0.25, 0.3) is 5.69 Å². The summed E-state index contributed by atoms with van der Waals surface area (Å²) < 4.78 is 1.54. The van der Waals surface area contributed by atoms with Crippen LogP contribution in [-0.4, -0.2) is 60.7 Å². The third kappa shape index (κ3) is 3.53. The van der Waals surface area contributed by atoms with Crippen LogP contribution in [0.15, 0.2) is 36.7 Å². The number of amides is 1. The maximum absolute atomic E-state index is 12.6. The summed E-state index contributed by atoms with van der Waals surface area (Å²) in [5.74, 6) is 0.291. The Hall–Kier alpha value is -2.35. The molecule has 1 N–H and O–H groups in total. The molecular weight excluding hydrogens is 316 g/mol. The summed E-state index contributed by atoms with van der Waals surface area (Å²) in [6.07, 6.45) is 1.44. The SMILES string of the molecule is O=C(O)CC1CSCCN1C(=O)c1ncn(-c2ccccc2)n1. The largest absolute Gasteiger partial charge is 0.481 e. The number of carbonyl (C=O) groups excluding carboxylic acids is 1.